The summed E-state index contributed by atoms with van der Waals surface area (Å²) in [6, 6.07) is 8.01. The van der Waals surface area contributed by atoms with Gasteiger partial charge in [0.05, 0.1) is 28.6 Å². The molecule has 1 aromatic carbocycles. The standard InChI is InChI=1S/C19H16N4O4/c1-11-8-16(12(2)22(11)13-9-20-21(3)10-13)19(26)27-23-17(24)14-6-4-5-7-15(14)18(23)25/h4-10H,1-3H3. The van der Waals surface area contributed by atoms with E-state index in [1.54, 1.807) is 43.0 Å². The monoisotopic (exact) mass is 364 g/mol. The van der Waals surface area contributed by atoms with Crippen molar-refractivity contribution in [3.05, 3.63) is 70.8 Å². The Bertz CT molecular complexity index is 1070. The number of imide groups is 1. The minimum Gasteiger partial charge on any atom is -0.324 e. The van der Waals surface area contributed by atoms with Gasteiger partial charge in [-0.15, -0.1) is 0 Å². The highest BCUT2D eigenvalue weighted by atomic mass is 16.7. The van der Waals surface area contributed by atoms with Gasteiger partial charge in [-0.05, 0) is 32.0 Å². The molecule has 0 spiro atoms. The van der Waals surface area contributed by atoms with Crippen LogP contribution in [-0.4, -0.2) is 37.2 Å². The number of fused-ring (bicyclic) bond motifs is 1. The van der Waals surface area contributed by atoms with Crippen LogP contribution in [0.2, 0.25) is 0 Å². The first-order chi connectivity index (χ1) is 12.9. The van der Waals surface area contributed by atoms with Gasteiger partial charge in [0.15, 0.2) is 0 Å². The molecular formula is C19H16N4O4. The predicted octanol–water partition coefficient (Wildman–Crippen LogP) is 2.20. The molecule has 8 heteroatoms. The molecule has 0 saturated carbocycles. The van der Waals surface area contributed by atoms with Crippen LogP contribution in [0.15, 0.2) is 42.7 Å². The van der Waals surface area contributed by atoms with Gasteiger partial charge in [0, 0.05) is 24.6 Å². The van der Waals surface area contributed by atoms with Crippen molar-refractivity contribution in [3.63, 3.8) is 0 Å². The third-order valence-electron chi connectivity index (χ3n) is 4.53. The van der Waals surface area contributed by atoms with Gasteiger partial charge in [-0.1, -0.05) is 17.2 Å². The van der Waals surface area contributed by atoms with Crippen molar-refractivity contribution in [1.82, 2.24) is 19.4 Å². The second-order valence-corrected chi connectivity index (χ2v) is 6.32. The van der Waals surface area contributed by atoms with Crippen LogP contribution >= 0.6 is 0 Å². The minimum absolute atomic E-state index is 0.219. The largest absolute Gasteiger partial charge is 0.365 e. The molecule has 1 aliphatic rings. The molecule has 8 nitrogen and oxygen atoms in total. The van der Waals surface area contributed by atoms with E-state index in [4.69, 9.17) is 4.84 Å². The zero-order chi connectivity index (χ0) is 19.3. The summed E-state index contributed by atoms with van der Waals surface area (Å²) in [5.74, 6) is -2.07. The maximum atomic E-state index is 12.7. The Morgan fingerprint density at radius 2 is 1.70 bits per heavy atom. The Kier molecular flexibility index (Phi) is 3.69. The normalized spacial score (nSPS) is 13.2. The molecule has 2 aromatic heterocycles. The fourth-order valence-corrected chi connectivity index (χ4v) is 3.27. The summed E-state index contributed by atoms with van der Waals surface area (Å²) in [6.45, 7) is 3.61. The Balaban J connectivity index is 1.64. The lowest BCUT2D eigenvalue weighted by Crippen LogP contribution is -2.32. The van der Waals surface area contributed by atoms with Gasteiger partial charge in [0.25, 0.3) is 11.8 Å². The zero-order valence-corrected chi connectivity index (χ0v) is 15.0. The molecule has 0 saturated heterocycles. The van der Waals surface area contributed by atoms with Crippen LogP contribution in [0.4, 0.5) is 0 Å². The van der Waals surface area contributed by atoms with Crippen LogP contribution in [0, 0.1) is 13.8 Å². The van der Waals surface area contributed by atoms with Crippen molar-refractivity contribution < 1.29 is 19.2 Å². The average Bonchev–Trinajstić information content (AvgIpc) is 3.26. The molecule has 4 rings (SSSR count). The number of benzene rings is 1. The Morgan fingerprint density at radius 3 is 2.26 bits per heavy atom. The van der Waals surface area contributed by atoms with Gasteiger partial charge in [-0.3, -0.25) is 14.3 Å². The predicted molar refractivity (Wildman–Crippen MR) is 94.4 cm³/mol. The minimum atomic E-state index is -0.771. The first-order valence-electron chi connectivity index (χ1n) is 8.26. The fraction of sp³-hybridized carbons (Fsp3) is 0.158. The summed E-state index contributed by atoms with van der Waals surface area (Å²) >= 11 is 0. The molecule has 0 N–H and O–H groups in total. The molecule has 0 atom stereocenters. The van der Waals surface area contributed by atoms with E-state index in [1.165, 1.54) is 12.1 Å². The number of carbonyl (C=O) groups excluding carboxylic acids is 3. The summed E-state index contributed by atoms with van der Waals surface area (Å²) in [6.07, 6.45) is 3.50. The maximum absolute atomic E-state index is 12.7. The molecule has 136 valence electrons. The summed E-state index contributed by atoms with van der Waals surface area (Å²) in [4.78, 5) is 42.6. The van der Waals surface area contributed by atoms with Crippen LogP contribution in [0.1, 0.15) is 42.5 Å². The molecule has 0 radical (unpaired) electrons. The SMILES string of the molecule is Cc1cc(C(=O)ON2C(=O)c3ccccc3C2=O)c(C)n1-c1cnn(C)c1. The molecule has 3 aromatic rings. The molecule has 0 bridgehead atoms. The van der Waals surface area contributed by atoms with E-state index >= 15 is 0 Å². The van der Waals surface area contributed by atoms with Crippen LogP contribution in [0.5, 0.6) is 0 Å². The van der Waals surface area contributed by atoms with Crippen molar-refractivity contribution >= 4 is 17.8 Å². The lowest BCUT2D eigenvalue weighted by atomic mass is 10.1. The number of aryl methyl sites for hydroxylation is 2. The van der Waals surface area contributed by atoms with Crippen molar-refractivity contribution in [1.29, 1.82) is 0 Å². The van der Waals surface area contributed by atoms with E-state index in [1.807, 2.05) is 17.7 Å². The van der Waals surface area contributed by atoms with Crippen LogP contribution in [-0.2, 0) is 11.9 Å². The first-order valence-corrected chi connectivity index (χ1v) is 8.26. The van der Waals surface area contributed by atoms with Crippen LogP contribution < -0.4 is 0 Å². The van der Waals surface area contributed by atoms with Gasteiger partial charge >= 0.3 is 5.97 Å². The van der Waals surface area contributed by atoms with Crippen molar-refractivity contribution in [3.8, 4) is 5.69 Å². The lowest BCUT2D eigenvalue weighted by Gasteiger charge is -2.12. The van der Waals surface area contributed by atoms with Gasteiger partial charge in [-0.2, -0.15) is 5.10 Å². The van der Waals surface area contributed by atoms with Crippen LogP contribution in [0.3, 0.4) is 0 Å². The van der Waals surface area contributed by atoms with Gasteiger partial charge in [0.1, 0.15) is 0 Å². The first kappa shape index (κ1) is 16.8. The third-order valence-corrected chi connectivity index (χ3v) is 4.53. The number of hydroxylamine groups is 2. The number of amides is 2. The van der Waals surface area contributed by atoms with Crippen molar-refractivity contribution in [2.24, 2.45) is 7.05 Å². The lowest BCUT2D eigenvalue weighted by molar-refractivity contribution is -0.0585. The molecule has 0 aliphatic carbocycles. The van der Waals surface area contributed by atoms with E-state index in [2.05, 4.69) is 5.10 Å². The quantitative estimate of drug-likeness (QED) is 0.665. The number of rotatable bonds is 3. The summed E-state index contributed by atoms with van der Waals surface area (Å²) < 4.78 is 3.51. The highest BCUT2D eigenvalue weighted by molar-refractivity contribution is 6.21. The molecule has 0 fully saturated rings. The van der Waals surface area contributed by atoms with E-state index in [0.717, 1.165) is 11.4 Å². The molecule has 0 unspecified atom stereocenters. The van der Waals surface area contributed by atoms with E-state index < -0.39 is 17.8 Å². The maximum Gasteiger partial charge on any atom is 0.365 e. The van der Waals surface area contributed by atoms with E-state index in [-0.39, 0.29) is 16.7 Å². The van der Waals surface area contributed by atoms with Gasteiger partial charge in [0.2, 0.25) is 0 Å². The van der Waals surface area contributed by atoms with Crippen LogP contribution in [0.25, 0.3) is 5.69 Å². The third kappa shape index (κ3) is 2.53. The van der Waals surface area contributed by atoms with Crippen molar-refractivity contribution in [2.45, 2.75) is 13.8 Å². The molecule has 27 heavy (non-hydrogen) atoms. The van der Waals surface area contributed by atoms with Gasteiger partial charge in [-0.25, -0.2) is 4.79 Å². The second kappa shape index (κ2) is 5.94. The Labute approximate surface area is 154 Å². The second-order valence-electron chi connectivity index (χ2n) is 6.32. The highest BCUT2D eigenvalue weighted by Crippen LogP contribution is 2.25. The number of aromatic nitrogens is 3. The Hall–Kier alpha value is -3.68. The topological polar surface area (TPSA) is 86.4 Å². The highest BCUT2D eigenvalue weighted by Gasteiger charge is 2.39. The molecule has 3 heterocycles. The fourth-order valence-electron chi connectivity index (χ4n) is 3.27. The number of hydrogen-bond acceptors (Lipinski definition) is 5. The number of hydrogen-bond donors (Lipinski definition) is 0. The summed E-state index contributed by atoms with van der Waals surface area (Å²) in [5.41, 5.74) is 2.93. The zero-order valence-electron chi connectivity index (χ0n) is 15.0. The van der Waals surface area contributed by atoms with Gasteiger partial charge < -0.3 is 9.40 Å². The molecule has 1 aliphatic heterocycles. The molecular weight excluding hydrogens is 348 g/mol. The summed E-state index contributed by atoms with van der Waals surface area (Å²) in [5, 5.41) is 4.65. The number of nitrogens with zero attached hydrogens (tertiary/aromatic N) is 4. The molecule has 2 amide bonds. The number of carbonyl (C=O) groups is 3. The van der Waals surface area contributed by atoms with Crippen molar-refractivity contribution in [2.75, 3.05) is 0 Å². The Morgan fingerprint density at radius 1 is 1.07 bits per heavy atom. The van der Waals surface area contributed by atoms with E-state index in [0.29, 0.717) is 10.8 Å². The summed E-state index contributed by atoms with van der Waals surface area (Å²) in [7, 11) is 1.80. The smallest absolute Gasteiger partial charge is 0.324 e. The van der Waals surface area contributed by atoms with E-state index in [9.17, 15) is 14.4 Å². The average molecular weight is 364 g/mol.